The molecule has 2 aromatic rings. The molecule has 1 N–H and O–H groups in total. The van der Waals surface area contributed by atoms with Gasteiger partial charge in [-0.05, 0) is 13.8 Å². The molecule has 1 aliphatic heterocycles. The first kappa shape index (κ1) is 16.7. The molecule has 1 unspecified atom stereocenters. The van der Waals surface area contributed by atoms with E-state index in [0.717, 1.165) is 11.9 Å². The second kappa shape index (κ2) is 6.02. The molecule has 0 saturated heterocycles. The standard InChI is InChI=1S/C14H19N5O4S/c1-9-13(10(2)23-17-9)14(20)18-6-11-4-15-8-19(11)12(7-18)5-16-24(3,21)22/h4,8,12,16H,5-7H2,1-3H3. The van der Waals surface area contributed by atoms with Crippen molar-refractivity contribution >= 4 is 15.9 Å². The summed E-state index contributed by atoms with van der Waals surface area (Å²) < 4.78 is 32.2. The van der Waals surface area contributed by atoms with Crippen LogP contribution >= 0.6 is 0 Å². The summed E-state index contributed by atoms with van der Waals surface area (Å²) in [4.78, 5) is 18.6. The topological polar surface area (TPSA) is 110 Å². The number of hydrogen-bond donors (Lipinski definition) is 1. The van der Waals surface area contributed by atoms with Crippen molar-refractivity contribution in [1.82, 2.24) is 24.3 Å². The van der Waals surface area contributed by atoms with E-state index in [-0.39, 0.29) is 18.5 Å². The number of aromatic nitrogens is 3. The number of amides is 1. The predicted octanol–water partition coefficient (Wildman–Crippen LogP) is 0.234. The van der Waals surface area contributed by atoms with Crippen LogP contribution in [-0.4, -0.2) is 53.3 Å². The average Bonchev–Trinajstić information content (AvgIpc) is 3.10. The maximum Gasteiger partial charge on any atom is 0.259 e. The number of carbonyl (C=O) groups excluding carboxylic acids is 1. The van der Waals surface area contributed by atoms with Gasteiger partial charge in [-0.2, -0.15) is 0 Å². The minimum Gasteiger partial charge on any atom is -0.361 e. The number of fused-ring (bicyclic) bond motifs is 1. The van der Waals surface area contributed by atoms with Gasteiger partial charge in [0.25, 0.3) is 5.91 Å². The Labute approximate surface area is 139 Å². The summed E-state index contributed by atoms with van der Waals surface area (Å²) in [6, 6.07) is -0.226. The molecule has 2 aromatic heterocycles. The fraction of sp³-hybridized carbons (Fsp3) is 0.500. The molecule has 0 spiro atoms. The lowest BCUT2D eigenvalue weighted by atomic mass is 10.1. The lowest BCUT2D eigenvalue weighted by Crippen LogP contribution is -2.44. The molecule has 3 rings (SSSR count). The van der Waals surface area contributed by atoms with Crippen LogP contribution in [0.25, 0.3) is 0 Å². The van der Waals surface area contributed by atoms with Crippen LogP contribution in [0.4, 0.5) is 0 Å². The minimum atomic E-state index is -3.32. The van der Waals surface area contributed by atoms with Crippen molar-refractivity contribution in [3.63, 3.8) is 0 Å². The second-order valence-corrected chi connectivity index (χ2v) is 7.78. The zero-order valence-electron chi connectivity index (χ0n) is 13.7. The molecule has 1 atom stereocenters. The Morgan fingerprint density at radius 2 is 2.21 bits per heavy atom. The van der Waals surface area contributed by atoms with Crippen LogP contribution < -0.4 is 4.72 Å². The number of sulfonamides is 1. The molecule has 0 aromatic carbocycles. The Hall–Kier alpha value is -2.20. The number of nitrogens with one attached hydrogen (secondary N) is 1. The zero-order valence-corrected chi connectivity index (χ0v) is 14.5. The molecule has 1 amide bonds. The minimum absolute atomic E-state index is 0.178. The van der Waals surface area contributed by atoms with Crippen molar-refractivity contribution in [2.45, 2.75) is 26.4 Å². The molecule has 0 radical (unpaired) electrons. The van der Waals surface area contributed by atoms with Gasteiger partial charge < -0.3 is 14.0 Å². The van der Waals surface area contributed by atoms with Gasteiger partial charge in [0.2, 0.25) is 10.0 Å². The Morgan fingerprint density at radius 1 is 1.46 bits per heavy atom. The van der Waals surface area contributed by atoms with Gasteiger partial charge in [-0.3, -0.25) is 4.79 Å². The summed E-state index contributed by atoms with van der Waals surface area (Å²) in [6.07, 6.45) is 4.44. The van der Waals surface area contributed by atoms with Gasteiger partial charge in [0.1, 0.15) is 11.3 Å². The smallest absolute Gasteiger partial charge is 0.259 e. The highest BCUT2D eigenvalue weighted by Crippen LogP contribution is 2.24. The maximum atomic E-state index is 12.8. The number of rotatable bonds is 4. The van der Waals surface area contributed by atoms with Crippen LogP contribution in [0.5, 0.6) is 0 Å². The van der Waals surface area contributed by atoms with E-state index in [1.54, 1.807) is 31.3 Å². The van der Waals surface area contributed by atoms with Crippen molar-refractivity contribution in [2.24, 2.45) is 0 Å². The van der Waals surface area contributed by atoms with Crippen LogP contribution in [0.1, 0.15) is 33.5 Å². The molecule has 3 heterocycles. The summed E-state index contributed by atoms with van der Waals surface area (Å²) in [7, 11) is -3.32. The molecule has 10 heteroatoms. The van der Waals surface area contributed by atoms with Gasteiger partial charge in [0.15, 0.2) is 0 Å². The van der Waals surface area contributed by atoms with Crippen LogP contribution in [-0.2, 0) is 16.6 Å². The van der Waals surface area contributed by atoms with E-state index in [1.165, 1.54) is 0 Å². The maximum absolute atomic E-state index is 12.8. The Bertz CT molecular complexity index is 850. The van der Waals surface area contributed by atoms with E-state index in [4.69, 9.17) is 4.52 Å². The van der Waals surface area contributed by atoms with Crippen molar-refractivity contribution in [2.75, 3.05) is 19.3 Å². The highest BCUT2D eigenvalue weighted by molar-refractivity contribution is 7.88. The highest BCUT2D eigenvalue weighted by Gasteiger charge is 2.31. The van der Waals surface area contributed by atoms with Gasteiger partial charge in [-0.1, -0.05) is 5.16 Å². The normalized spacial score (nSPS) is 17.8. The Kier molecular flexibility index (Phi) is 4.18. The molecule has 130 valence electrons. The molecule has 0 aliphatic carbocycles. The van der Waals surface area contributed by atoms with E-state index >= 15 is 0 Å². The third kappa shape index (κ3) is 3.20. The number of carbonyl (C=O) groups is 1. The van der Waals surface area contributed by atoms with E-state index in [2.05, 4.69) is 14.9 Å². The van der Waals surface area contributed by atoms with Gasteiger partial charge in [-0.25, -0.2) is 18.1 Å². The van der Waals surface area contributed by atoms with Crippen LogP contribution in [0, 0.1) is 13.8 Å². The van der Waals surface area contributed by atoms with Crippen LogP contribution in [0.15, 0.2) is 17.0 Å². The van der Waals surface area contributed by atoms with Crippen LogP contribution in [0.2, 0.25) is 0 Å². The van der Waals surface area contributed by atoms with E-state index < -0.39 is 10.0 Å². The Balaban J connectivity index is 1.86. The summed E-state index contributed by atoms with van der Waals surface area (Å²) in [6.45, 7) is 4.38. The van der Waals surface area contributed by atoms with E-state index in [1.807, 2.05) is 4.57 Å². The fourth-order valence-electron chi connectivity index (χ4n) is 2.90. The lowest BCUT2D eigenvalue weighted by Gasteiger charge is -2.34. The number of imidazole rings is 1. The van der Waals surface area contributed by atoms with Crippen molar-refractivity contribution in [1.29, 1.82) is 0 Å². The fourth-order valence-corrected chi connectivity index (χ4v) is 3.39. The summed E-state index contributed by atoms with van der Waals surface area (Å²) in [5.41, 5.74) is 1.85. The molecule has 9 nitrogen and oxygen atoms in total. The van der Waals surface area contributed by atoms with Gasteiger partial charge in [-0.15, -0.1) is 0 Å². The summed E-state index contributed by atoms with van der Waals surface area (Å²) in [5, 5.41) is 3.82. The quantitative estimate of drug-likeness (QED) is 0.843. The largest absolute Gasteiger partial charge is 0.361 e. The van der Waals surface area contributed by atoms with Crippen molar-refractivity contribution in [3.05, 3.63) is 35.2 Å². The van der Waals surface area contributed by atoms with Crippen molar-refractivity contribution in [3.8, 4) is 0 Å². The third-order valence-corrected chi connectivity index (χ3v) is 4.73. The number of aryl methyl sites for hydroxylation is 2. The first-order chi connectivity index (χ1) is 11.3. The molecule has 0 bridgehead atoms. The van der Waals surface area contributed by atoms with E-state index in [9.17, 15) is 13.2 Å². The molecular formula is C14H19N5O4S. The van der Waals surface area contributed by atoms with Crippen LogP contribution in [0.3, 0.4) is 0 Å². The molecular weight excluding hydrogens is 334 g/mol. The number of hydrogen-bond acceptors (Lipinski definition) is 6. The predicted molar refractivity (Wildman–Crippen MR) is 84.8 cm³/mol. The molecule has 1 aliphatic rings. The van der Waals surface area contributed by atoms with Crippen molar-refractivity contribution < 1.29 is 17.7 Å². The molecule has 24 heavy (non-hydrogen) atoms. The SMILES string of the molecule is Cc1noc(C)c1C(=O)N1Cc2cncn2C(CNS(C)(=O)=O)C1. The molecule has 0 saturated carbocycles. The monoisotopic (exact) mass is 353 g/mol. The lowest BCUT2D eigenvalue weighted by molar-refractivity contribution is 0.0678. The summed E-state index contributed by atoms with van der Waals surface area (Å²) in [5.74, 6) is 0.297. The number of nitrogens with zero attached hydrogens (tertiary/aromatic N) is 4. The average molecular weight is 353 g/mol. The summed E-state index contributed by atoms with van der Waals surface area (Å²) >= 11 is 0. The zero-order chi connectivity index (χ0) is 17.5. The van der Waals surface area contributed by atoms with Gasteiger partial charge in [0, 0.05) is 19.3 Å². The third-order valence-electron chi connectivity index (χ3n) is 4.04. The van der Waals surface area contributed by atoms with Gasteiger partial charge >= 0.3 is 0 Å². The Morgan fingerprint density at radius 3 is 2.83 bits per heavy atom. The first-order valence-corrected chi connectivity index (χ1v) is 9.33. The van der Waals surface area contributed by atoms with E-state index in [0.29, 0.717) is 30.1 Å². The first-order valence-electron chi connectivity index (χ1n) is 7.43. The second-order valence-electron chi connectivity index (χ2n) is 5.95. The molecule has 0 fully saturated rings. The van der Waals surface area contributed by atoms with Gasteiger partial charge in [0.05, 0.1) is 36.6 Å². The highest BCUT2D eigenvalue weighted by atomic mass is 32.2.